The van der Waals surface area contributed by atoms with E-state index in [1.807, 2.05) is 0 Å². The molecule has 11 nitrogen and oxygen atoms in total. The van der Waals surface area contributed by atoms with Gasteiger partial charge in [-0.05, 0) is 36.4 Å². The van der Waals surface area contributed by atoms with Gasteiger partial charge in [0, 0.05) is 30.3 Å². The Hall–Kier alpha value is -5.84. The molecule has 3 aromatic carbocycles. The maximum absolute atomic E-state index is 13.8. The molecule has 0 fully saturated rings. The number of nitrogens with zero attached hydrogens (tertiary/aromatic N) is 4. The smallest absolute Gasteiger partial charge is 0.292 e. The minimum Gasteiger partial charge on any atom is -0.292 e. The zero-order valence-corrected chi connectivity index (χ0v) is 21.6. The molecule has 2 aromatic heterocycles. The van der Waals surface area contributed by atoms with Crippen LogP contribution in [0.3, 0.4) is 0 Å². The molecule has 3 heterocycles. The average molecular weight is 548 g/mol. The fourth-order valence-electron chi connectivity index (χ4n) is 4.96. The van der Waals surface area contributed by atoms with Gasteiger partial charge in [-0.2, -0.15) is 4.57 Å². The number of aromatic amines is 1. The Morgan fingerprint density at radius 1 is 0.659 bits per heavy atom. The van der Waals surface area contributed by atoms with Gasteiger partial charge in [-0.3, -0.25) is 33.6 Å². The van der Waals surface area contributed by atoms with E-state index in [1.165, 1.54) is 36.2 Å². The Labute approximate surface area is 230 Å². The molecule has 0 radical (unpaired) electrons. The molecule has 1 N–H and O–H groups in total. The van der Waals surface area contributed by atoms with Crippen LogP contribution in [0, 0.1) is 0 Å². The van der Waals surface area contributed by atoms with Crippen molar-refractivity contribution < 1.29 is 9.59 Å². The summed E-state index contributed by atoms with van der Waals surface area (Å²) in [5.41, 5.74) is -2.98. The van der Waals surface area contributed by atoms with Crippen molar-refractivity contribution in [3.8, 4) is 0 Å². The zero-order valence-electron chi connectivity index (χ0n) is 21.6. The molecule has 11 heteroatoms. The summed E-state index contributed by atoms with van der Waals surface area (Å²) >= 11 is 0. The largest absolute Gasteiger partial charge is 0.339 e. The first kappa shape index (κ1) is 25.4. The fourth-order valence-corrected chi connectivity index (χ4v) is 4.96. The SMILES string of the molecule is Cn1c(=O)c2c(n(C(=O)c3ccccc3)c1=O)N(c1ccccc1)c1[nH]c(=O)n(C(=O)c3ccccc3)c(=O)c1C2. The molecule has 0 unspecified atom stereocenters. The Balaban J connectivity index is 1.69. The molecule has 0 bridgehead atoms. The number of benzene rings is 3. The van der Waals surface area contributed by atoms with Crippen LogP contribution in [0.4, 0.5) is 17.3 Å². The number of para-hydroxylation sites is 1. The summed E-state index contributed by atoms with van der Waals surface area (Å²) in [4.78, 5) is 85.0. The fraction of sp³-hybridized carbons (Fsp3) is 0.0667. The Morgan fingerprint density at radius 3 is 1.73 bits per heavy atom. The second kappa shape index (κ2) is 9.72. The quantitative estimate of drug-likeness (QED) is 0.359. The van der Waals surface area contributed by atoms with Gasteiger partial charge in [-0.25, -0.2) is 14.2 Å². The lowest BCUT2D eigenvalue weighted by molar-refractivity contribution is 0.0945. The summed E-state index contributed by atoms with van der Waals surface area (Å²) in [6.45, 7) is 0. The van der Waals surface area contributed by atoms with Crippen molar-refractivity contribution in [1.29, 1.82) is 0 Å². The van der Waals surface area contributed by atoms with Crippen molar-refractivity contribution in [2.75, 3.05) is 4.90 Å². The number of hydrogen-bond acceptors (Lipinski definition) is 7. The van der Waals surface area contributed by atoms with E-state index in [-0.39, 0.29) is 40.3 Å². The molecular formula is C30H21N5O6. The van der Waals surface area contributed by atoms with Gasteiger partial charge in [-0.15, -0.1) is 0 Å². The van der Waals surface area contributed by atoms with Crippen LogP contribution in [-0.2, 0) is 13.5 Å². The van der Waals surface area contributed by atoms with E-state index in [2.05, 4.69) is 4.98 Å². The molecule has 0 spiro atoms. The highest BCUT2D eigenvalue weighted by molar-refractivity contribution is 5.99. The van der Waals surface area contributed by atoms with Gasteiger partial charge in [0.1, 0.15) is 11.6 Å². The van der Waals surface area contributed by atoms with Crippen LogP contribution in [0.1, 0.15) is 31.8 Å². The van der Waals surface area contributed by atoms with Crippen LogP contribution in [0.2, 0.25) is 0 Å². The summed E-state index contributed by atoms with van der Waals surface area (Å²) in [5, 5.41) is 0. The number of fused-ring (bicyclic) bond motifs is 2. The van der Waals surface area contributed by atoms with E-state index in [1.54, 1.807) is 66.7 Å². The number of carbonyl (C=O) groups excluding carboxylic acids is 2. The highest BCUT2D eigenvalue weighted by atomic mass is 16.2. The monoisotopic (exact) mass is 547 g/mol. The number of nitrogens with one attached hydrogen (secondary N) is 1. The van der Waals surface area contributed by atoms with Gasteiger partial charge in [0.25, 0.3) is 22.9 Å². The maximum Gasteiger partial charge on any atom is 0.339 e. The number of H-pyrrole nitrogens is 1. The Morgan fingerprint density at radius 2 is 1.17 bits per heavy atom. The molecular weight excluding hydrogens is 526 g/mol. The number of rotatable bonds is 3. The predicted molar refractivity (Wildman–Crippen MR) is 151 cm³/mol. The number of anilines is 3. The maximum atomic E-state index is 13.8. The van der Waals surface area contributed by atoms with Crippen LogP contribution in [0.15, 0.2) is 110 Å². The predicted octanol–water partition coefficient (Wildman–Crippen LogP) is 2.15. The molecule has 41 heavy (non-hydrogen) atoms. The average Bonchev–Trinajstić information content (AvgIpc) is 3.00. The molecule has 0 aliphatic carbocycles. The van der Waals surface area contributed by atoms with E-state index >= 15 is 0 Å². The molecule has 0 atom stereocenters. The molecule has 0 amide bonds. The molecule has 0 saturated carbocycles. The van der Waals surface area contributed by atoms with Crippen LogP contribution in [-0.4, -0.2) is 30.5 Å². The topological polar surface area (TPSA) is 136 Å². The lowest BCUT2D eigenvalue weighted by Gasteiger charge is -2.33. The standard InChI is InChI=1S/C30H21N5O6/c1-32-27(38)22-17-21-23(31-29(40)35(28(21)39)26(37)19-13-7-3-8-14-19)33(20-15-9-4-10-16-20)24(22)34(30(32)41)25(36)18-11-5-2-6-12-18/h2-16H,17H2,1H3,(H,31,40). The molecule has 5 aromatic rings. The molecule has 1 aliphatic heterocycles. The summed E-state index contributed by atoms with van der Waals surface area (Å²) in [6.07, 6.45) is -0.347. The molecule has 6 rings (SSSR count). The van der Waals surface area contributed by atoms with Crippen molar-refractivity contribution in [2.24, 2.45) is 7.05 Å². The van der Waals surface area contributed by atoms with Crippen molar-refractivity contribution >= 4 is 29.1 Å². The first-order valence-corrected chi connectivity index (χ1v) is 12.6. The van der Waals surface area contributed by atoms with E-state index in [9.17, 15) is 28.8 Å². The van der Waals surface area contributed by atoms with Gasteiger partial charge in [0.15, 0.2) is 0 Å². The van der Waals surface area contributed by atoms with Crippen LogP contribution in [0.25, 0.3) is 0 Å². The minimum absolute atomic E-state index is 0.0319. The van der Waals surface area contributed by atoms with Crippen LogP contribution < -0.4 is 27.4 Å². The third-order valence-electron chi connectivity index (χ3n) is 6.95. The normalized spacial score (nSPS) is 12.0. The lowest BCUT2D eigenvalue weighted by Crippen LogP contribution is -2.49. The summed E-state index contributed by atoms with van der Waals surface area (Å²) < 4.78 is 2.14. The highest BCUT2D eigenvalue weighted by Crippen LogP contribution is 2.39. The third-order valence-corrected chi connectivity index (χ3v) is 6.95. The van der Waals surface area contributed by atoms with E-state index in [0.717, 1.165) is 9.13 Å². The molecule has 202 valence electrons. The van der Waals surface area contributed by atoms with E-state index in [4.69, 9.17) is 0 Å². The van der Waals surface area contributed by atoms with E-state index in [0.29, 0.717) is 10.3 Å². The first-order valence-electron chi connectivity index (χ1n) is 12.6. The summed E-state index contributed by atoms with van der Waals surface area (Å²) in [7, 11) is 1.24. The zero-order chi connectivity index (χ0) is 28.8. The second-order valence-electron chi connectivity index (χ2n) is 9.37. The van der Waals surface area contributed by atoms with Gasteiger partial charge in [-0.1, -0.05) is 54.6 Å². The lowest BCUT2D eigenvalue weighted by atomic mass is 10.0. The van der Waals surface area contributed by atoms with E-state index < -0.39 is 34.3 Å². The van der Waals surface area contributed by atoms with Crippen molar-refractivity contribution in [2.45, 2.75) is 6.42 Å². The van der Waals surface area contributed by atoms with Crippen LogP contribution >= 0.6 is 0 Å². The van der Waals surface area contributed by atoms with Gasteiger partial charge in [0.2, 0.25) is 0 Å². The molecule has 0 saturated heterocycles. The Kier molecular flexibility index (Phi) is 6.03. The highest BCUT2D eigenvalue weighted by Gasteiger charge is 2.36. The number of carbonyl (C=O) groups is 2. The number of aromatic nitrogens is 4. The van der Waals surface area contributed by atoms with Gasteiger partial charge >= 0.3 is 11.4 Å². The van der Waals surface area contributed by atoms with Gasteiger partial charge < -0.3 is 0 Å². The summed E-state index contributed by atoms with van der Waals surface area (Å²) in [5.74, 6) is -1.71. The first-order chi connectivity index (χ1) is 19.8. The second-order valence-corrected chi connectivity index (χ2v) is 9.37. The molecule has 1 aliphatic rings. The third kappa shape index (κ3) is 3.98. The van der Waals surface area contributed by atoms with Crippen LogP contribution in [0.5, 0.6) is 0 Å². The summed E-state index contributed by atoms with van der Waals surface area (Å²) in [6, 6.07) is 24.3. The van der Waals surface area contributed by atoms with Crippen molar-refractivity contribution in [3.63, 3.8) is 0 Å². The Bertz CT molecular complexity index is 2090. The number of hydrogen-bond donors (Lipinski definition) is 1. The van der Waals surface area contributed by atoms with Gasteiger partial charge in [0.05, 0.1) is 11.1 Å². The van der Waals surface area contributed by atoms with Crippen molar-refractivity contribution in [3.05, 3.63) is 155 Å². The minimum atomic E-state index is -1.01. The van der Waals surface area contributed by atoms with Crippen molar-refractivity contribution in [1.82, 2.24) is 18.7 Å².